The summed E-state index contributed by atoms with van der Waals surface area (Å²) in [4.78, 5) is 20.6. The van der Waals surface area contributed by atoms with E-state index in [-0.39, 0.29) is 29.5 Å². The van der Waals surface area contributed by atoms with E-state index in [1.165, 1.54) is 11.3 Å². The Balaban J connectivity index is 1.85. The summed E-state index contributed by atoms with van der Waals surface area (Å²) < 4.78 is 24.2. The lowest BCUT2D eigenvalue weighted by Gasteiger charge is -2.44. The van der Waals surface area contributed by atoms with Crippen LogP contribution in [0.5, 0.6) is 0 Å². The van der Waals surface area contributed by atoms with Crippen molar-refractivity contribution in [3.05, 3.63) is 16.6 Å². The largest absolute Gasteiger partial charge is 0.330 e. The Kier molecular flexibility index (Phi) is 4.26. The summed E-state index contributed by atoms with van der Waals surface area (Å²) >= 11 is 1.38. The number of piperazine rings is 1. The van der Waals surface area contributed by atoms with E-state index in [0.717, 1.165) is 13.1 Å². The average molecular weight is 343 g/mol. The molecule has 2 saturated heterocycles. The lowest BCUT2D eigenvalue weighted by Crippen LogP contribution is -2.61. The number of carbonyl (C=O) groups excluding carboxylic acids is 1. The first-order valence-corrected chi connectivity index (χ1v) is 10.3. The predicted octanol–water partition coefficient (Wildman–Crippen LogP) is 0.723. The molecule has 0 radical (unpaired) electrons. The number of sulfone groups is 1. The molecule has 1 aromatic rings. The monoisotopic (exact) mass is 343 g/mol. The maximum atomic E-state index is 12.6. The quantitative estimate of drug-likeness (QED) is 0.809. The van der Waals surface area contributed by atoms with Gasteiger partial charge < -0.3 is 4.90 Å². The highest BCUT2D eigenvalue weighted by molar-refractivity contribution is 7.91. The molecule has 0 aliphatic carbocycles. The molecule has 8 heteroatoms. The molecular weight excluding hydrogens is 322 g/mol. The van der Waals surface area contributed by atoms with E-state index < -0.39 is 9.84 Å². The Morgan fingerprint density at radius 3 is 2.73 bits per heavy atom. The van der Waals surface area contributed by atoms with Crippen LogP contribution in [-0.4, -0.2) is 72.3 Å². The van der Waals surface area contributed by atoms with Crippen LogP contribution in [0.2, 0.25) is 0 Å². The number of aromatic nitrogens is 1. The zero-order chi connectivity index (χ0) is 15.9. The zero-order valence-corrected chi connectivity index (χ0v) is 14.4. The molecule has 2 aliphatic heterocycles. The van der Waals surface area contributed by atoms with Crippen LogP contribution >= 0.6 is 11.3 Å². The number of thiazole rings is 1. The SMILES string of the molecule is CC(C)CN1CCN(C(=O)c2cscn2)[C@@H]2CS(=O)(=O)C[C@@H]21. The van der Waals surface area contributed by atoms with Gasteiger partial charge in [0.25, 0.3) is 5.91 Å². The van der Waals surface area contributed by atoms with Gasteiger partial charge in [0.15, 0.2) is 9.84 Å². The van der Waals surface area contributed by atoms with Gasteiger partial charge in [-0.2, -0.15) is 0 Å². The van der Waals surface area contributed by atoms with Crippen LogP contribution in [0.3, 0.4) is 0 Å². The van der Waals surface area contributed by atoms with Crippen LogP contribution < -0.4 is 0 Å². The minimum Gasteiger partial charge on any atom is -0.330 e. The number of rotatable bonds is 3. The van der Waals surface area contributed by atoms with Gasteiger partial charge in [0, 0.05) is 31.1 Å². The van der Waals surface area contributed by atoms with Crippen molar-refractivity contribution in [2.75, 3.05) is 31.1 Å². The first-order chi connectivity index (χ1) is 10.4. The minimum absolute atomic E-state index is 0.0716. The van der Waals surface area contributed by atoms with E-state index in [1.807, 2.05) is 0 Å². The van der Waals surface area contributed by atoms with Gasteiger partial charge in [-0.1, -0.05) is 13.8 Å². The standard InChI is InChI=1S/C14H21N3O3S2/c1-10(2)5-16-3-4-17(14(18)11-6-21-9-15-11)13-8-22(19,20)7-12(13)16/h6,9-10,12-13H,3-5,7-8H2,1-2H3/t12-,13+/m0/s1. The highest BCUT2D eigenvalue weighted by Crippen LogP contribution is 2.28. The number of nitrogens with zero attached hydrogens (tertiary/aromatic N) is 3. The summed E-state index contributed by atoms with van der Waals surface area (Å²) in [5.41, 5.74) is 2.05. The van der Waals surface area contributed by atoms with E-state index in [2.05, 4.69) is 23.7 Å². The van der Waals surface area contributed by atoms with Gasteiger partial charge in [0.05, 0.1) is 23.1 Å². The summed E-state index contributed by atoms with van der Waals surface area (Å²) in [5, 5.41) is 1.72. The molecule has 0 N–H and O–H groups in total. The third-order valence-corrected chi connectivity index (χ3v) is 6.59. The van der Waals surface area contributed by atoms with Crippen molar-refractivity contribution in [3.63, 3.8) is 0 Å². The van der Waals surface area contributed by atoms with Crippen LogP contribution in [0.25, 0.3) is 0 Å². The molecular formula is C14H21N3O3S2. The van der Waals surface area contributed by atoms with Gasteiger partial charge in [-0.3, -0.25) is 9.69 Å². The fourth-order valence-corrected chi connectivity index (χ4v) is 5.98. The molecule has 0 spiro atoms. The average Bonchev–Trinajstić information content (AvgIpc) is 3.04. The van der Waals surface area contributed by atoms with Crippen molar-refractivity contribution < 1.29 is 13.2 Å². The summed E-state index contributed by atoms with van der Waals surface area (Å²) in [5.74, 6) is 0.565. The molecule has 122 valence electrons. The van der Waals surface area contributed by atoms with Gasteiger partial charge in [0.1, 0.15) is 5.69 Å². The second-order valence-corrected chi connectivity index (χ2v) is 9.35. The first kappa shape index (κ1) is 15.9. The molecule has 3 heterocycles. The first-order valence-electron chi connectivity index (χ1n) is 7.51. The Hall–Kier alpha value is -0.990. The topological polar surface area (TPSA) is 70.6 Å². The molecule has 2 aliphatic rings. The smallest absolute Gasteiger partial charge is 0.273 e. The van der Waals surface area contributed by atoms with Crippen molar-refractivity contribution in [3.8, 4) is 0 Å². The summed E-state index contributed by atoms with van der Waals surface area (Å²) in [7, 11) is -3.09. The third kappa shape index (κ3) is 3.04. The van der Waals surface area contributed by atoms with Crippen LogP contribution in [0.4, 0.5) is 0 Å². The molecule has 3 rings (SSSR count). The number of hydrogen-bond donors (Lipinski definition) is 0. The van der Waals surface area contributed by atoms with E-state index >= 15 is 0 Å². The molecule has 0 unspecified atom stereocenters. The Bertz CT molecular complexity index is 642. The molecule has 1 amide bonds. The van der Waals surface area contributed by atoms with Gasteiger partial charge >= 0.3 is 0 Å². The van der Waals surface area contributed by atoms with Crippen LogP contribution in [-0.2, 0) is 9.84 Å². The molecule has 2 atom stereocenters. The van der Waals surface area contributed by atoms with Gasteiger partial charge in [-0.05, 0) is 5.92 Å². The van der Waals surface area contributed by atoms with Gasteiger partial charge in [-0.15, -0.1) is 11.3 Å². The zero-order valence-electron chi connectivity index (χ0n) is 12.8. The molecule has 22 heavy (non-hydrogen) atoms. The van der Waals surface area contributed by atoms with E-state index in [0.29, 0.717) is 18.2 Å². The summed E-state index contributed by atoms with van der Waals surface area (Å²) in [6, 6.07) is -0.324. The highest BCUT2D eigenvalue weighted by Gasteiger charge is 2.48. The lowest BCUT2D eigenvalue weighted by molar-refractivity contribution is 0.0293. The number of fused-ring (bicyclic) bond motifs is 1. The second-order valence-electron chi connectivity index (χ2n) is 6.47. The van der Waals surface area contributed by atoms with Crippen LogP contribution in [0.15, 0.2) is 10.9 Å². The molecule has 0 bridgehead atoms. The highest BCUT2D eigenvalue weighted by atomic mass is 32.2. The van der Waals surface area contributed by atoms with Gasteiger partial charge in [-0.25, -0.2) is 13.4 Å². The normalized spacial score (nSPS) is 28.0. The van der Waals surface area contributed by atoms with Crippen molar-refractivity contribution in [2.45, 2.75) is 25.9 Å². The molecule has 0 saturated carbocycles. The number of carbonyl (C=O) groups is 1. The summed E-state index contributed by atoms with van der Waals surface area (Å²) in [6.07, 6.45) is 0. The molecule has 1 aromatic heterocycles. The van der Waals surface area contributed by atoms with E-state index in [4.69, 9.17) is 0 Å². The fourth-order valence-electron chi connectivity index (χ4n) is 3.44. The van der Waals surface area contributed by atoms with Crippen molar-refractivity contribution in [1.82, 2.24) is 14.8 Å². The van der Waals surface area contributed by atoms with E-state index in [1.54, 1.807) is 15.8 Å². The van der Waals surface area contributed by atoms with E-state index in [9.17, 15) is 13.2 Å². The fraction of sp³-hybridized carbons (Fsp3) is 0.714. The molecule has 6 nitrogen and oxygen atoms in total. The maximum absolute atomic E-state index is 12.6. The van der Waals surface area contributed by atoms with Gasteiger partial charge in [0.2, 0.25) is 0 Å². The Morgan fingerprint density at radius 1 is 1.36 bits per heavy atom. The summed E-state index contributed by atoms with van der Waals surface area (Å²) in [6.45, 7) is 6.43. The van der Waals surface area contributed by atoms with Crippen molar-refractivity contribution in [2.24, 2.45) is 5.92 Å². The maximum Gasteiger partial charge on any atom is 0.273 e. The predicted molar refractivity (Wildman–Crippen MR) is 85.8 cm³/mol. The lowest BCUT2D eigenvalue weighted by atomic mass is 10.0. The van der Waals surface area contributed by atoms with Crippen LogP contribution in [0, 0.1) is 5.92 Å². The number of amides is 1. The third-order valence-electron chi connectivity index (χ3n) is 4.30. The second kappa shape index (κ2) is 5.90. The number of hydrogen-bond acceptors (Lipinski definition) is 6. The van der Waals surface area contributed by atoms with Crippen LogP contribution in [0.1, 0.15) is 24.3 Å². The Morgan fingerprint density at radius 2 is 2.09 bits per heavy atom. The van der Waals surface area contributed by atoms with Crippen molar-refractivity contribution >= 4 is 27.1 Å². The Labute approximate surface area is 135 Å². The van der Waals surface area contributed by atoms with Crippen molar-refractivity contribution in [1.29, 1.82) is 0 Å². The minimum atomic E-state index is -3.09. The molecule has 0 aromatic carbocycles. The molecule has 2 fully saturated rings.